The fraction of sp³-hybridized carbons (Fsp3) is 0.571. The van der Waals surface area contributed by atoms with E-state index in [0.717, 1.165) is 17.7 Å². The van der Waals surface area contributed by atoms with Gasteiger partial charge in [-0.1, -0.05) is 13.8 Å². The monoisotopic (exact) mass is 220 g/mol. The first-order valence-electron chi connectivity index (χ1n) is 4.29. The van der Waals surface area contributed by atoms with Gasteiger partial charge >= 0.3 is 7.82 Å². The normalized spacial score (nSPS) is 11.7. The van der Waals surface area contributed by atoms with Crippen molar-refractivity contribution in [1.29, 1.82) is 0 Å². The molecule has 0 radical (unpaired) electrons. The Bertz CT molecular complexity index is 357. The van der Waals surface area contributed by atoms with E-state index in [1.807, 2.05) is 13.8 Å². The van der Waals surface area contributed by atoms with Gasteiger partial charge < -0.3 is 4.52 Å². The fourth-order valence-corrected chi connectivity index (χ4v) is 1.60. The molecule has 1 rings (SSSR count). The van der Waals surface area contributed by atoms with Crippen molar-refractivity contribution in [1.82, 2.24) is 10.2 Å². The van der Waals surface area contributed by atoms with Gasteiger partial charge in [0.1, 0.15) is 0 Å². The molecule has 0 saturated carbocycles. The van der Waals surface area contributed by atoms with Crippen LogP contribution in [0, 0.1) is 0 Å². The maximum atomic E-state index is 10.6. The predicted molar refractivity (Wildman–Crippen MR) is 50.0 cm³/mol. The zero-order chi connectivity index (χ0) is 10.8. The van der Waals surface area contributed by atoms with Crippen LogP contribution in [0.4, 0.5) is 0 Å². The highest BCUT2D eigenvalue weighted by Crippen LogP contribution is 2.38. The molecule has 0 bridgehead atoms. The van der Waals surface area contributed by atoms with Crippen LogP contribution < -0.4 is 4.52 Å². The minimum absolute atomic E-state index is 0.00215. The molecule has 7 heteroatoms. The van der Waals surface area contributed by atoms with Gasteiger partial charge in [0.05, 0.1) is 0 Å². The molecule has 3 N–H and O–H groups in total. The van der Waals surface area contributed by atoms with E-state index in [-0.39, 0.29) is 5.88 Å². The number of hydrogen-bond donors (Lipinski definition) is 3. The van der Waals surface area contributed by atoms with Crippen molar-refractivity contribution in [2.45, 2.75) is 26.7 Å². The number of H-pyrrole nitrogens is 1. The quantitative estimate of drug-likeness (QED) is 0.658. The standard InChI is InChI=1S/C7H13N2O4P/c1-3-5-6(4-2)8-9-7(5)13-14(10,11)12/h3-4H2,1-2H3,(H,8,9)(H2,10,11,12). The topological polar surface area (TPSA) is 95.4 Å². The Morgan fingerprint density at radius 3 is 2.50 bits per heavy atom. The van der Waals surface area contributed by atoms with Crippen molar-refractivity contribution < 1.29 is 18.9 Å². The van der Waals surface area contributed by atoms with Crippen molar-refractivity contribution in [3.63, 3.8) is 0 Å². The number of aryl methyl sites for hydroxylation is 1. The van der Waals surface area contributed by atoms with Crippen molar-refractivity contribution in [2.75, 3.05) is 0 Å². The molecule has 14 heavy (non-hydrogen) atoms. The van der Waals surface area contributed by atoms with Gasteiger partial charge in [0.15, 0.2) is 0 Å². The fourth-order valence-electron chi connectivity index (χ4n) is 1.23. The number of aromatic amines is 1. The summed E-state index contributed by atoms with van der Waals surface area (Å²) in [7, 11) is -4.51. The van der Waals surface area contributed by atoms with Crippen LogP contribution in [0.15, 0.2) is 0 Å². The van der Waals surface area contributed by atoms with Crippen LogP contribution in [0.1, 0.15) is 25.1 Å². The summed E-state index contributed by atoms with van der Waals surface area (Å²) in [5.74, 6) is -0.00215. The summed E-state index contributed by atoms with van der Waals surface area (Å²) in [4.78, 5) is 17.2. The van der Waals surface area contributed by atoms with E-state index in [9.17, 15) is 4.57 Å². The Hall–Kier alpha value is -0.840. The third-order valence-corrected chi connectivity index (χ3v) is 2.24. The molecule has 6 nitrogen and oxygen atoms in total. The highest BCUT2D eigenvalue weighted by atomic mass is 31.2. The molecular formula is C7H13N2O4P. The van der Waals surface area contributed by atoms with E-state index in [4.69, 9.17) is 9.79 Å². The summed E-state index contributed by atoms with van der Waals surface area (Å²) < 4.78 is 15.0. The third kappa shape index (κ3) is 2.57. The first-order valence-corrected chi connectivity index (χ1v) is 5.82. The molecular weight excluding hydrogens is 207 g/mol. The maximum absolute atomic E-state index is 10.6. The first-order chi connectivity index (χ1) is 6.48. The van der Waals surface area contributed by atoms with Gasteiger partial charge in [0.25, 0.3) is 0 Å². The molecule has 0 spiro atoms. The van der Waals surface area contributed by atoms with Gasteiger partial charge in [-0.2, -0.15) is 0 Å². The van der Waals surface area contributed by atoms with Crippen LogP contribution in [0.2, 0.25) is 0 Å². The largest absolute Gasteiger partial charge is 0.526 e. The maximum Gasteiger partial charge on any atom is 0.526 e. The average molecular weight is 220 g/mol. The number of rotatable bonds is 4. The molecule has 0 atom stereocenters. The van der Waals surface area contributed by atoms with Crippen LogP contribution >= 0.6 is 7.82 Å². The molecule has 80 valence electrons. The minimum Gasteiger partial charge on any atom is -0.384 e. The Balaban J connectivity index is 2.98. The molecule has 1 heterocycles. The van der Waals surface area contributed by atoms with Crippen molar-refractivity contribution in [3.8, 4) is 5.88 Å². The predicted octanol–water partition coefficient (Wildman–Crippen LogP) is 1.01. The SMILES string of the molecule is CCc1[nH]nc(OP(=O)(O)O)c1CC. The molecule has 1 aromatic heterocycles. The number of nitrogens with zero attached hydrogens (tertiary/aromatic N) is 1. The second-order valence-corrected chi connectivity index (χ2v) is 3.94. The molecule has 0 fully saturated rings. The van der Waals surface area contributed by atoms with E-state index in [2.05, 4.69) is 14.7 Å². The first kappa shape index (κ1) is 11.2. The Morgan fingerprint density at radius 2 is 2.07 bits per heavy atom. The molecule has 0 saturated heterocycles. The number of nitrogens with one attached hydrogen (secondary N) is 1. The lowest BCUT2D eigenvalue weighted by atomic mass is 10.1. The van der Waals surface area contributed by atoms with Gasteiger partial charge in [0.2, 0.25) is 5.88 Å². The lowest BCUT2D eigenvalue weighted by molar-refractivity contribution is 0.278. The van der Waals surface area contributed by atoms with Crippen LogP contribution in [0.5, 0.6) is 5.88 Å². The number of phosphoric acid groups is 1. The van der Waals surface area contributed by atoms with Crippen LogP contribution in [-0.4, -0.2) is 20.0 Å². The van der Waals surface area contributed by atoms with Crippen molar-refractivity contribution >= 4 is 7.82 Å². The molecule has 1 aromatic rings. The van der Waals surface area contributed by atoms with Gasteiger partial charge in [-0.15, -0.1) is 5.10 Å². The summed E-state index contributed by atoms with van der Waals surface area (Å²) in [6.45, 7) is 3.80. The highest BCUT2D eigenvalue weighted by Gasteiger charge is 2.21. The van der Waals surface area contributed by atoms with Gasteiger partial charge in [-0.25, -0.2) is 4.57 Å². The Labute approximate surface area is 81.5 Å². The lowest BCUT2D eigenvalue weighted by Crippen LogP contribution is -1.94. The number of phosphoric ester groups is 1. The molecule has 0 aromatic carbocycles. The molecule has 0 aliphatic carbocycles. The molecule has 0 aliphatic heterocycles. The molecule has 0 aliphatic rings. The van der Waals surface area contributed by atoms with Crippen LogP contribution in [0.25, 0.3) is 0 Å². The summed E-state index contributed by atoms with van der Waals surface area (Å²) >= 11 is 0. The zero-order valence-corrected chi connectivity index (χ0v) is 8.91. The smallest absolute Gasteiger partial charge is 0.384 e. The van der Waals surface area contributed by atoms with Crippen LogP contribution in [-0.2, 0) is 17.4 Å². The summed E-state index contributed by atoms with van der Waals surface area (Å²) in [6.07, 6.45) is 1.34. The minimum atomic E-state index is -4.51. The van der Waals surface area contributed by atoms with Crippen LogP contribution in [0.3, 0.4) is 0 Å². The van der Waals surface area contributed by atoms with E-state index in [1.165, 1.54) is 0 Å². The van der Waals surface area contributed by atoms with Crippen molar-refractivity contribution in [2.24, 2.45) is 0 Å². The Morgan fingerprint density at radius 1 is 1.43 bits per heavy atom. The zero-order valence-electron chi connectivity index (χ0n) is 8.02. The highest BCUT2D eigenvalue weighted by molar-refractivity contribution is 7.46. The third-order valence-electron chi connectivity index (χ3n) is 1.83. The average Bonchev–Trinajstić information content (AvgIpc) is 2.43. The van der Waals surface area contributed by atoms with E-state index in [0.29, 0.717) is 6.42 Å². The second kappa shape index (κ2) is 4.13. The van der Waals surface area contributed by atoms with E-state index in [1.54, 1.807) is 0 Å². The number of hydrogen-bond acceptors (Lipinski definition) is 3. The molecule has 0 unspecified atom stereocenters. The second-order valence-electron chi connectivity index (χ2n) is 2.77. The summed E-state index contributed by atoms with van der Waals surface area (Å²) in [5, 5.41) is 6.38. The lowest BCUT2D eigenvalue weighted by Gasteiger charge is -2.05. The van der Waals surface area contributed by atoms with E-state index < -0.39 is 7.82 Å². The summed E-state index contributed by atoms with van der Waals surface area (Å²) in [6, 6.07) is 0. The Kier molecular flexibility index (Phi) is 3.31. The van der Waals surface area contributed by atoms with Gasteiger partial charge in [0, 0.05) is 11.3 Å². The van der Waals surface area contributed by atoms with Gasteiger partial charge in [-0.05, 0) is 12.8 Å². The van der Waals surface area contributed by atoms with E-state index >= 15 is 0 Å². The molecule has 0 amide bonds. The van der Waals surface area contributed by atoms with Crippen molar-refractivity contribution in [3.05, 3.63) is 11.3 Å². The number of aromatic nitrogens is 2. The summed E-state index contributed by atoms with van der Waals surface area (Å²) in [5.41, 5.74) is 1.56. The van der Waals surface area contributed by atoms with Gasteiger partial charge in [-0.3, -0.25) is 14.9 Å².